The molecule has 0 bridgehead atoms. The van der Waals surface area contributed by atoms with Crippen LogP contribution in [0.15, 0.2) is 137 Å². The molecule has 24 heteroatoms. The number of aryl methyl sites for hydroxylation is 9. The maximum absolute atomic E-state index is 13.7. The van der Waals surface area contributed by atoms with Crippen molar-refractivity contribution in [3.8, 4) is 34.0 Å². The first-order valence-corrected chi connectivity index (χ1v) is 35.0. The van der Waals surface area contributed by atoms with Gasteiger partial charge in [0, 0.05) is 93.0 Å². The molecule has 3 amide bonds. The standard InChI is InChI=1S/C27H33N3O5.C26H31N3O5.C25H29N3O5/c1-16-12-23(35-29-16)24(27(3,4)5)26(33)30-14-20(31)13-21(30)22(32)11-8-18-6-9-19(10-7-18)25-17(2)28-15-34-25;1-15(2)24(23-11-16(3)28-34-23)26(32)29-13-20(30)12-21(29)22(31)10-7-18-5-8-19(9-6-18)25-17(4)27-14-33-25;1-4-20(23-11-15(2)27-33-23)25(31)28-13-19(29)12-21(28)22(30)10-7-17-5-8-18(9-6-17)24-16(3)26-14-32-24/h6-7,9-10,12,15,20-21,24,31H,8,11,13-14H2,1-5H3;5-6,8-9,11,14-15,20-21,24,30H,7,10,12-13H2,1-4H3;5-6,8-9,11,14,19-21,29H,4,7,10,12-13H2,1-3H3/t2*20-,21+,24-;19-,20-,21+/m111/s1. The second-order valence-corrected chi connectivity index (χ2v) is 28.6. The fourth-order valence-electron chi connectivity index (χ4n) is 13.9. The van der Waals surface area contributed by atoms with Crippen molar-refractivity contribution in [2.75, 3.05) is 19.6 Å². The number of rotatable bonds is 23. The van der Waals surface area contributed by atoms with Crippen molar-refractivity contribution in [2.24, 2.45) is 11.3 Å². The Morgan fingerprint density at radius 3 is 1.09 bits per heavy atom. The maximum atomic E-state index is 13.7. The van der Waals surface area contributed by atoms with Crippen molar-refractivity contribution in [1.29, 1.82) is 0 Å². The van der Waals surface area contributed by atoms with Gasteiger partial charge in [0.1, 0.15) is 29.1 Å². The fraction of sp³-hybridized carbons (Fsp3) is 0.462. The highest BCUT2D eigenvalue weighted by atomic mass is 16.5. The molecule has 0 unspecified atom stereocenters. The number of carbonyl (C=O) groups is 6. The fourth-order valence-corrected chi connectivity index (χ4v) is 13.9. The Labute approximate surface area is 593 Å². The molecule has 0 aliphatic carbocycles. The van der Waals surface area contributed by atoms with E-state index in [1.807, 2.05) is 142 Å². The van der Waals surface area contributed by atoms with Crippen LogP contribution in [0.1, 0.15) is 172 Å². The normalized spacial score (nSPS) is 19.1. The van der Waals surface area contributed by atoms with E-state index in [2.05, 4.69) is 30.4 Å². The summed E-state index contributed by atoms with van der Waals surface area (Å²) in [6.45, 7) is 23.2. The Bertz CT molecular complexity index is 4320. The van der Waals surface area contributed by atoms with Crippen molar-refractivity contribution in [3.05, 3.63) is 178 Å². The molecule has 3 N–H and O–H groups in total. The molecule has 0 saturated carbocycles. The van der Waals surface area contributed by atoms with Gasteiger partial charge >= 0.3 is 0 Å². The monoisotopic (exact) mass is 1400 g/mol. The number of benzene rings is 3. The molecule has 6 aromatic heterocycles. The Kier molecular flexibility index (Phi) is 24.2. The van der Waals surface area contributed by atoms with Gasteiger partial charge in [0.25, 0.3) is 0 Å². The lowest BCUT2D eigenvalue weighted by atomic mass is 9.78. The largest absolute Gasteiger partial charge is 0.443 e. The van der Waals surface area contributed by atoms with Crippen LogP contribution in [0.5, 0.6) is 0 Å². The summed E-state index contributed by atoms with van der Waals surface area (Å²) in [6, 6.07) is 26.9. The van der Waals surface area contributed by atoms with Gasteiger partial charge in [-0.1, -0.05) is 130 Å². The first kappa shape index (κ1) is 74.9. The molecular formula is C78H93N9O15. The average Bonchev–Trinajstić information content (AvgIpc) is 1.59. The van der Waals surface area contributed by atoms with Gasteiger partial charge in [-0.15, -0.1) is 0 Å². The van der Waals surface area contributed by atoms with Crippen molar-refractivity contribution < 1.29 is 70.9 Å². The second-order valence-electron chi connectivity index (χ2n) is 28.6. The van der Waals surface area contributed by atoms with E-state index in [0.717, 1.165) is 67.7 Å². The SMILES string of the molecule is CC[C@@H](C(=O)N1C[C@H](O)C[C@H]1C(=O)CCc1ccc(-c2ocnc2C)cc1)c1cc(C)no1.Cc1cc([C@H](C(=O)N2C[C@H](O)C[C@H]2C(=O)CCc2ccc(-c3ocnc3C)cc2)C(C)(C)C)on1.Cc1cc([C@H](C(=O)N2C[C@H](O)C[C@H]2C(=O)CCc2ccc(-c3ocnc3C)cc2)C(C)C)on1. The summed E-state index contributed by atoms with van der Waals surface area (Å²) in [5, 5.41) is 42.6. The number of ketones is 3. The third kappa shape index (κ3) is 17.9. The predicted octanol–water partition coefficient (Wildman–Crippen LogP) is 11.7. The highest BCUT2D eigenvalue weighted by Crippen LogP contribution is 2.40. The number of Topliss-reactive ketones (excluding diaryl/α,β-unsaturated/α-hetero) is 3. The molecule has 0 radical (unpaired) electrons. The molecule has 3 aliphatic heterocycles. The summed E-state index contributed by atoms with van der Waals surface area (Å²) in [4.78, 5) is 96.8. The molecule has 3 aromatic carbocycles. The third-order valence-corrected chi connectivity index (χ3v) is 19.3. The average molecular weight is 1400 g/mol. The van der Waals surface area contributed by atoms with Gasteiger partial charge in [0.15, 0.2) is 53.8 Å². The van der Waals surface area contributed by atoms with Crippen LogP contribution >= 0.6 is 0 Å². The number of β-amino-alcohol motifs (C(OH)–C–C–N with tert-alkyl or cyclic N) is 3. The summed E-state index contributed by atoms with van der Waals surface area (Å²) in [5.41, 5.74) is 9.98. The zero-order chi connectivity index (χ0) is 73.3. The molecular weight excluding hydrogens is 1300 g/mol. The minimum absolute atomic E-state index is 0.0418. The lowest BCUT2D eigenvalue weighted by Crippen LogP contribution is -2.45. The van der Waals surface area contributed by atoms with E-state index in [1.54, 1.807) is 32.0 Å². The van der Waals surface area contributed by atoms with E-state index in [0.29, 0.717) is 66.5 Å². The molecule has 9 aromatic rings. The van der Waals surface area contributed by atoms with E-state index in [-0.39, 0.29) is 92.7 Å². The van der Waals surface area contributed by atoms with Crippen LogP contribution in [0, 0.1) is 52.9 Å². The number of aromatic nitrogens is 6. The zero-order valence-electron chi connectivity index (χ0n) is 60.1. The Morgan fingerprint density at radius 2 is 0.794 bits per heavy atom. The van der Waals surface area contributed by atoms with Gasteiger partial charge in [-0.25, -0.2) is 15.0 Å². The van der Waals surface area contributed by atoms with Gasteiger partial charge in [-0.05, 0) is 95.2 Å². The number of nitrogens with zero attached hydrogens (tertiary/aromatic N) is 9. The van der Waals surface area contributed by atoms with E-state index < -0.39 is 59.6 Å². The molecule has 9 atom stereocenters. The van der Waals surface area contributed by atoms with E-state index in [1.165, 1.54) is 33.9 Å². The highest BCUT2D eigenvalue weighted by Gasteiger charge is 2.47. The summed E-state index contributed by atoms with van der Waals surface area (Å²) in [7, 11) is 0. The van der Waals surface area contributed by atoms with Crippen LogP contribution in [0.4, 0.5) is 0 Å². The van der Waals surface area contributed by atoms with Crippen LogP contribution in [-0.4, -0.2) is 152 Å². The quantitative estimate of drug-likeness (QED) is 0.0535. The lowest BCUT2D eigenvalue weighted by molar-refractivity contribution is -0.141. The first-order chi connectivity index (χ1) is 48.6. The molecule has 9 heterocycles. The molecule has 12 rings (SSSR count). The maximum Gasteiger partial charge on any atom is 0.234 e. The van der Waals surface area contributed by atoms with Gasteiger partial charge in [0.05, 0.1) is 76.5 Å². The zero-order valence-corrected chi connectivity index (χ0v) is 60.1. The smallest absolute Gasteiger partial charge is 0.234 e. The van der Waals surface area contributed by atoms with Gasteiger partial charge < -0.3 is 56.8 Å². The number of aliphatic hydroxyl groups excluding tert-OH is 3. The van der Waals surface area contributed by atoms with Crippen LogP contribution < -0.4 is 0 Å². The minimum atomic E-state index is -0.727. The van der Waals surface area contributed by atoms with Crippen molar-refractivity contribution in [2.45, 2.75) is 201 Å². The number of amides is 3. The molecule has 3 saturated heterocycles. The van der Waals surface area contributed by atoms with Crippen molar-refractivity contribution in [3.63, 3.8) is 0 Å². The Balaban J connectivity index is 0.000000165. The molecule has 3 aliphatic rings. The number of oxazole rings is 3. The predicted molar refractivity (Wildman–Crippen MR) is 375 cm³/mol. The summed E-state index contributed by atoms with van der Waals surface area (Å²) in [5.74, 6) is 1.22. The highest BCUT2D eigenvalue weighted by molar-refractivity contribution is 5.94. The molecule has 3 fully saturated rings. The van der Waals surface area contributed by atoms with Gasteiger partial charge in [-0.2, -0.15) is 0 Å². The third-order valence-electron chi connectivity index (χ3n) is 19.3. The van der Waals surface area contributed by atoms with Gasteiger partial charge in [0.2, 0.25) is 17.7 Å². The summed E-state index contributed by atoms with van der Waals surface area (Å²) < 4.78 is 32.4. The van der Waals surface area contributed by atoms with Crippen LogP contribution in [0.2, 0.25) is 0 Å². The number of hydrogen-bond acceptors (Lipinski definition) is 21. The summed E-state index contributed by atoms with van der Waals surface area (Å²) in [6.07, 6.45) is 5.94. The van der Waals surface area contributed by atoms with E-state index >= 15 is 0 Å². The number of hydrogen-bond donors (Lipinski definition) is 3. The molecule has 102 heavy (non-hydrogen) atoms. The molecule has 540 valence electrons. The Hall–Kier alpha value is -9.78. The van der Waals surface area contributed by atoms with E-state index in [4.69, 9.17) is 26.8 Å². The van der Waals surface area contributed by atoms with Crippen molar-refractivity contribution >= 4 is 35.1 Å². The number of aliphatic hydroxyl groups is 3. The van der Waals surface area contributed by atoms with Gasteiger partial charge in [-0.3, -0.25) is 28.8 Å². The van der Waals surface area contributed by atoms with Crippen LogP contribution in [0.25, 0.3) is 34.0 Å². The topological polar surface area (TPSA) is 329 Å². The Morgan fingerprint density at radius 1 is 0.471 bits per heavy atom. The van der Waals surface area contributed by atoms with E-state index in [9.17, 15) is 44.1 Å². The van der Waals surface area contributed by atoms with Crippen LogP contribution in [0.3, 0.4) is 0 Å². The van der Waals surface area contributed by atoms with Crippen molar-refractivity contribution in [1.82, 2.24) is 45.1 Å². The molecule has 0 spiro atoms. The lowest BCUT2D eigenvalue weighted by Gasteiger charge is -2.33. The van der Waals surface area contributed by atoms with Crippen LogP contribution in [-0.2, 0) is 48.0 Å². The number of likely N-dealkylation sites (tertiary alicyclic amines) is 3. The number of carbonyl (C=O) groups excluding carboxylic acids is 6. The first-order valence-electron chi connectivity index (χ1n) is 35.0. The second kappa shape index (κ2) is 32.9. The molecule has 24 nitrogen and oxygen atoms in total. The summed E-state index contributed by atoms with van der Waals surface area (Å²) >= 11 is 0. The minimum Gasteiger partial charge on any atom is -0.443 e.